The van der Waals surface area contributed by atoms with Crippen molar-refractivity contribution in [2.45, 2.75) is 38.2 Å². The highest BCUT2D eigenvalue weighted by atomic mass is 79.9. The lowest BCUT2D eigenvalue weighted by Crippen LogP contribution is -2.41. The number of hydrogen-bond acceptors (Lipinski definition) is 3. The molecule has 0 aromatic rings. The van der Waals surface area contributed by atoms with Crippen LogP contribution in [0, 0.1) is 0 Å². The van der Waals surface area contributed by atoms with Gasteiger partial charge in [-0.3, -0.25) is 4.79 Å². The predicted octanol–water partition coefficient (Wildman–Crippen LogP) is 1.29. The molecule has 0 aromatic heterocycles. The molecule has 17 heavy (non-hydrogen) atoms. The summed E-state index contributed by atoms with van der Waals surface area (Å²) < 4.78 is 5.87. The number of aliphatic carboxylic acids is 1. The molecule has 1 aliphatic heterocycles. The lowest BCUT2D eigenvalue weighted by molar-refractivity contribution is -0.147. The topological polar surface area (TPSA) is 66.8 Å². The van der Waals surface area contributed by atoms with Crippen LogP contribution < -0.4 is 0 Å². The van der Waals surface area contributed by atoms with E-state index in [-0.39, 0.29) is 17.3 Å². The van der Waals surface area contributed by atoms with Crippen LogP contribution >= 0.6 is 15.9 Å². The molecule has 0 aliphatic carbocycles. The molecule has 1 rings (SSSR count). The summed E-state index contributed by atoms with van der Waals surface area (Å²) in [6, 6.07) is -0.749. The van der Waals surface area contributed by atoms with Gasteiger partial charge in [0.25, 0.3) is 0 Å². The number of carbonyl (C=O) groups is 2. The summed E-state index contributed by atoms with van der Waals surface area (Å²) in [4.78, 5) is 24.1. The molecular formula is C10H18BrNO4Si. The Morgan fingerprint density at radius 1 is 1.47 bits per heavy atom. The summed E-state index contributed by atoms with van der Waals surface area (Å²) in [7, 11) is -1.70. The van der Waals surface area contributed by atoms with Gasteiger partial charge in [-0.25, -0.2) is 4.79 Å². The van der Waals surface area contributed by atoms with E-state index in [2.05, 4.69) is 35.6 Å². The zero-order valence-corrected chi connectivity index (χ0v) is 12.9. The van der Waals surface area contributed by atoms with Crippen molar-refractivity contribution in [3.05, 3.63) is 0 Å². The van der Waals surface area contributed by atoms with E-state index in [1.165, 1.54) is 4.90 Å². The van der Waals surface area contributed by atoms with Crippen molar-refractivity contribution in [1.29, 1.82) is 0 Å². The standard InChI is InChI=1S/C10H18BrNO4Si/c1-17(2,3)16-7-4-8(10(14)15)12(6-7)9(13)5-11/h7-8H,4-6H2,1-3H3,(H,14,15)/t7-,8-/m0/s1. The monoisotopic (exact) mass is 323 g/mol. The second kappa shape index (κ2) is 5.49. The van der Waals surface area contributed by atoms with Gasteiger partial charge in [0.1, 0.15) is 6.04 Å². The normalized spacial score (nSPS) is 25.1. The van der Waals surface area contributed by atoms with Gasteiger partial charge >= 0.3 is 5.97 Å². The van der Waals surface area contributed by atoms with Crippen LogP contribution in [0.25, 0.3) is 0 Å². The largest absolute Gasteiger partial charge is 0.480 e. The smallest absolute Gasteiger partial charge is 0.326 e. The molecule has 2 atom stereocenters. The molecule has 1 amide bonds. The molecule has 7 heteroatoms. The van der Waals surface area contributed by atoms with Crippen molar-refractivity contribution in [3.63, 3.8) is 0 Å². The summed E-state index contributed by atoms with van der Waals surface area (Å²) in [6.45, 7) is 6.54. The predicted molar refractivity (Wildman–Crippen MR) is 69.8 cm³/mol. The summed E-state index contributed by atoms with van der Waals surface area (Å²) in [5, 5.41) is 9.24. The van der Waals surface area contributed by atoms with Gasteiger partial charge in [0, 0.05) is 13.0 Å². The van der Waals surface area contributed by atoms with E-state index in [9.17, 15) is 9.59 Å². The molecular weight excluding hydrogens is 306 g/mol. The Labute approximate surface area is 110 Å². The van der Waals surface area contributed by atoms with Crippen LogP contribution in [0.15, 0.2) is 0 Å². The minimum atomic E-state index is -1.70. The molecule has 0 radical (unpaired) electrons. The van der Waals surface area contributed by atoms with E-state index in [0.717, 1.165) is 0 Å². The average molecular weight is 324 g/mol. The average Bonchev–Trinajstić information content (AvgIpc) is 2.57. The SMILES string of the molecule is C[Si](C)(C)O[C@H]1C[C@@H](C(=O)O)N(C(=O)CBr)C1. The summed E-state index contributed by atoms with van der Waals surface area (Å²) in [5.74, 6) is -1.15. The number of carboxylic acid groups (broad SMARTS) is 1. The quantitative estimate of drug-likeness (QED) is 0.625. The second-order valence-corrected chi connectivity index (χ2v) is 10.1. The molecule has 1 saturated heterocycles. The van der Waals surface area contributed by atoms with Crippen molar-refractivity contribution in [3.8, 4) is 0 Å². The molecule has 1 aliphatic rings. The highest BCUT2D eigenvalue weighted by Gasteiger charge is 2.41. The third-order valence-corrected chi connectivity index (χ3v) is 4.02. The van der Waals surface area contributed by atoms with Gasteiger partial charge in [0.05, 0.1) is 11.4 Å². The van der Waals surface area contributed by atoms with E-state index in [0.29, 0.717) is 13.0 Å². The number of nitrogens with zero attached hydrogens (tertiary/aromatic N) is 1. The van der Waals surface area contributed by atoms with Gasteiger partial charge in [0.2, 0.25) is 5.91 Å². The van der Waals surface area contributed by atoms with Crippen LogP contribution in [-0.4, -0.2) is 54.2 Å². The van der Waals surface area contributed by atoms with Gasteiger partial charge in [-0.15, -0.1) is 0 Å². The zero-order valence-electron chi connectivity index (χ0n) is 10.3. The Bertz CT molecular complexity index is 318. The number of rotatable bonds is 4. The van der Waals surface area contributed by atoms with Crippen LogP contribution in [0.5, 0.6) is 0 Å². The van der Waals surface area contributed by atoms with Gasteiger partial charge in [-0.05, 0) is 19.6 Å². The molecule has 5 nitrogen and oxygen atoms in total. The highest BCUT2D eigenvalue weighted by Crippen LogP contribution is 2.24. The maximum atomic E-state index is 11.6. The highest BCUT2D eigenvalue weighted by molar-refractivity contribution is 9.09. The number of amides is 1. The minimum Gasteiger partial charge on any atom is -0.480 e. The maximum absolute atomic E-state index is 11.6. The third-order valence-electron chi connectivity index (χ3n) is 2.50. The Morgan fingerprint density at radius 3 is 2.47 bits per heavy atom. The Kier molecular flexibility index (Phi) is 4.74. The van der Waals surface area contributed by atoms with Crippen molar-refractivity contribution >= 4 is 36.1 Å². The fraction of sp³-hybridized carbons (Fsp3) is 0.800. The molecule has 98 valence electrons. The van der Waals surface area contributed by atoms with Crippen molar-refractivity contribution in [2.24, 2.45) is 0 Å². The summed E-state index contributed by atoms with van der Waals surface area (Å²) in [6.07, 6.45) is 0.240. The van der Waals surface area contributed by atoms with Crippen LogP contribution in [0.1, 0.15) is 6.42 Å². The van der Waals surface area contributed by atoms with Gasteiger partial charge in [-0.2, -0.15) is 0 Å². The first-order chi connectivity index (χ1) is 7.74. The van der Waals surface area contributed by atoms with Crippen molar-refractivity contribution in [1.82, 2.24) is 4.90 Å². The maximum Gasteiger partial charge on any atom is 0.326 e. The molecule has 0 bridgehead atoms. The molecule has 1 heterocycles. The van der Waals surface area contributed by atoms with Gasteiger partial charge < -0.3 is 14.4 Å². The van der Waals surface area contributed by atoms with Crippen LogP contribution in [0.2, 0.25) is 19.6 Å². The number of carbonyl (C=O) groups excluding carboxylic acids is 1. The number of carboxylic acids is 1. The second-order valence-electron chi connectivity index (χ2n) is 5.12. The first kappa shape index (κ1) is 14.7. The Hall–Kier alpha value is -0.403. The van der Waals surface area contributed by atoms with E-state index in [1.54, 1.807) is 0 Å². The fourth-order valence-electron chi connectivity index (χ4n) is 1.97. The van der Waals surface area contributed by atoms with Gasteiger partial charge in [-0.1, -0.05) is 15.9 Å². The van der Waals surface area contributed by atoms with E-state index in [1.807, 2.05) is 0 Å². The number of halogens is 1. The Morgan fingerprint density at radius 2 is 2.06 bits per heavy atom. The van der Waals surface area contributed by atoms with Crippen LogP contribution in [-0.2, 0) is 14.0 Å². The van der Waals surface area contributed by atoms with Crippen LogP contribution in [0.4, 0.5) is 0 Å². The molecule has 0 saturated carbocycles. The fourth-order valence-corrected chi connectivity index (χ4v) is 3.46. The first-order valence-corrected chi connectivity index (χ1v) is 10.0. The summed E-state index contributed by atoms with van der Waals surface area (Å²) in [5.41, 5.74) is 0. The lowest BCUT2D eigenvalue weighted by Gasteiger charge is -2.23. The molecule has 0 aromatic carbocycles. The molecule has 1 N–H and O–H groups in total. The lowest BCUT2D eigenvalue weighted by atomic mass is 10.2. The van der Waals surface area contributed by atoms with E-state index >= 15 is 0 Å². The zero-order chi connectivity index (χ0) is 13.2. The van der Waals surface area contributed by atoms with Crippen LogP contribution in [0.3, 0.4) is 0 Å². The number of hydrogen-bond donors (Lipinski definition) is 1. The number of likely N-dealkylation sites (tertiary alicyclic amines) is 1. The van der Waals surface area contributed by atoms with Crippen molar-refractivity contribution < 1.29 is 19.1 Å². The number of alkyl halides is 1. The molecule has 0 spiro atoms. The summed E-state index contributed by atoms with van der Waals surface area (Å²) >= 11 is 3.07. The first-order valence-electron chi connectivity index (χ1n) is 5.50. The Balaban J connectivity index is 2.72. The molecule has 0 unspecified atom stereocenters. The van der Waals surface area contributed by atoms with Crippen molar-refractivity contribution in [2.75, 3.05) is 11.9 Å². The van der Waals surface area contributed by atoms with Gasteiger partial charge in [0.15, 0.2) is 8.32 Å². The third kappa shape index (κ3) is 4.08. The minimum absolute atomic E-state index is 0.147. The van der Waals surface area contributed by atoms with E-state index in [4.69, 9.17) is 9.53 Å². The molecule has 1 fully saturated rings. The van der Waals surface area contributed by atoms with E-state index < -0.39 is 20.3 Å².